The molecule has 1 amide bonds. The molecule has 0 spiro atoms. The van der Waals surface area contributed by atoms with Crippen LogP contribution in [0.4, 0.5) is 30.5 Å². The van der Waals surface area contributed by atoms with Crippen molar-refractivity contribution in [2.75, 3.05) is 28.6 Å². The number of carbonyl (C=O) groups excluding carboxylic acids is 1. The van der Waals surface area contributed by atoms with E-state index in [1.54, 1.807) is 37.3 Å². The third-order valence-electron chi connectivity index (χ3n) is 5.31. The number of hydrogen-bond acceptors (Lipinski definition) is 8. The van der Waals surface area contributed by atoms with Crippen LogP contribution in [0.1, 0.15) is 29.3 Å². The zero-order chi connectivity index (χ0) is 26.6. The lowest BCUT2D eigenvalue weighted by atomic mass is 10.1. The van der Waals surface area contributed by atoms with Gasteiger partial charge in [0.2, 0.25) is 0 Å². The number of alkyl halides is 3. The summed E-state index contributed by atoms with van der Waals surface area (Å²) in [6.45, 7) is 3.39. The summed E-state index contributed by atoms with van der Waals surface area (Å²) in [5, 5.41) is 13.5. The van der Waals surface area contributed by atoms with Crippen LogP contribution in [-0.4, -0.2) is 34.7 Å². The number of anilines is 3. The Bertz CT molecular complexity index is 1340. The molecule has 2 heterocycles. The molecule has 8 nitrogen and oxygen atoms in total. The lowest BCUT2D eigenvalue weighted by Gasteiger charge is -2.32. The number of nitrogens with zero attached hydrogens (tertiary/aromatic N) is 3. The van der Waals surface area contributed by atoms with Crippen molar-refractivity contribution in [1.29, 1.82) is 5.41 Å². The van der Waals surface area contributed by atoms with Crippen molar-refractivity contribution < 1.29 is 18.0 Å². The van der Waals surface area contributed by atoms with Crippen molar-refractivity contribution in [3.63, 3.8) is 0 Å². The van der Waals surface area contributed by atoms with E-state index >= 15 is 0 Å². The van der Waals surface area contributed by atoms with Gasteiger partial charge in [0.1, 0.15) is 17.5 Å². The highest BCUT2D eigenvalue weighted by molar-refractivity contribution is 7.99. The topological polar surface area (TPSA) is 120 Å². The molecule has 192 valence electrons. The molecule has 1 aliphatic rings. The zero-order valence-corrected chi connectivity index (χ0v) is 20.6. The smallest absolute Gasteiger partial charge is 0.385 e. The molecular weight excluding hydrogens is 503 g/mol. The van der Waals surface area contributed by atoms with Gasteiger partial charge in [0.05, 0.1) is 11.1 Å². The maximum Gasteiger partial charge on any atom is 0.417 e. The fraction of sp³-hybridized carbons (Fsp3) is 0.200. The molecule has 1 aliphatic heterocycles. The molecular formula is C25H24F3N7OS. The maximum absolute atomic E-state index is 13.2. The summed E-state index contributed by atoms with van der Waals surface area (Å²) in [7, 11) is 0. The molecule has 1 aromatic heterocycles. The zero-order valence-electron chi connectivity index (χ0n) is 19.8. The Balaban J connectivity index is 1.49. The van der Waals surface area contributed by atoms with E-state index in [-0.39, 0.29) is 5.82 Å². The molecule has 3 aromatic rings. The quantitative estimate of drug-likeness (QED) is 0.230. The molecule has 0 radical (unpaired) electrons. The van der Waals surface area contributed by atoms with Crippen molar-refractivity contribution in [3.05, 3.63) is 77.6 Å². The Hall–Kier alpha value is -4.06. The Labute approximate surface area is 215 Å². The van der Waals surface area contributed by atoms with Crippen LogP contribution in [0.25, 0.3) is 0 Å². The molecule has 1 fully saturated rings. The Morgan fingerprint density at radius 1 is 1.11 bits per heavy atom. The minimum absolute atomic E-state index is 0.281. The number of allylic oxidation sites excluding steroid dienone is 1. The average Bonchev–Trinajstić information content (AvgIpc) is 2.78. The third-order valence-corrected chi connectivity index (χ3v) is 6.19. The summed E-state index contributed by atoms with van der Waals surface area (Å²) in [4.78, 5) is 24.5. The van der Waals surface area contributed by atoms with E-state index in [0.29, 0.717) is 22.4 Å². The number of rotatable bonds is 8. The second-order valence-electron chi connectivity index (χ2n) is 8.27. The number of amides is 1. The van der Waals surface area contributed by atoms with E-state index in [1.807, 2.05) is 0 Å². The van der Waals surface area contributed by atoms with Crippen LogP contribution in [0, 0.1) is 5.41 Å². The lowest BCUT2D eigenvalue weighted by Crippen LogP contribution is -2.37. The molecule has 2 aromatic carbocycles. The van der Waals surface area contributed by atoms with Gasteiger partial charge in [0, 0.05) is 35.5 Å². The standard InChI is InChI=1S/C25H24F3N7OS/c1-15(29)13-20(30)32-21-14-22(35-11-4-12-35)34-24(33-21)37-17-9-7-16(8-10-17)31-23(36)18-5-2-3-6-19(18)25(26,27)28/h2-3,5-10,13-14,29H,4,11-12,30H2,1H3,(H,31,36)(H,32,33,34)/b20-13+,29-15?. The number of nitrogens with two attached hydrogens (primary N) is 1. The Kier molecular flexibility index (Phi) is 7.67. The normalized spacial score (nSPS) is 13.6. The third kappa shape index (κ3) is 6.79. The van der Waals surface area contributed by atoms with Gasteiger partial charge in [-0.05, 0) is 67.6 Å². The van der Waals surface area contributed by atoms with Gasteiger partial charge in [-0.15, -0.1) is 0 Å². The highest BCUT2D eigenvalue weighted by Gasteiger charge is 2.34. The number of nitrogens with one attached hydrogen (secondary N) is 3. The molecule has 5 N–H and O–H groups in total. The molecule has 1 saturated heterocycles. The van der Waals surface area contributed by atoms with Crippen molar-refractivity contribution in [3.8, 4) is 0 Å². The number of halogens is 3. The van der Waals surface area contributed by atoms with Gasteiger partial charge in [-0.3, -0.25) is 4.79 Å². The minimum Gasteiger partial charge on any atom is -0.385 e. The summed E-state index contributed by atoms with van der Waals surface area (Å²) >= 11 is 1.29. The molecule has 12 heteroatoms. The number of hydrogen-bond donors (Lipinski definition) is 4. The monoisotopic (exact) mass is 527 g/mol. The minimum atomic E-state index is -4.63. The first kappa shape index (κ1) is 26.0. The Morgan fingerprint density at radius 2 is 1.81 bits per heavy atom. The fourth-order valence-electron chi connectivity index (χ4n) is 3.49. The van der Waals surface area contributed by atoms with E-state index in [9.17, 15) is 18.0 Å². The van der Waals surface area contributed by atoms with Crippen LogP contribution < -0.4 is 21.3 Å². The van der Waals surface area contributed by atoms with Gasteiger partial charge in [0.25, 0.3) is 5.91 Å². The summed E-state index contributed by atoms with van der Waals surface area (Å²) in [6.07, 6.45) is -2.07. The van der Waals surface area contributed by atoms with Crippen LogP contribution in [0.15, 0.2) is 76.5 Å². The van der Waals surface area contributed by atoms with E-state index in [2.05, 4.69) is 25.5 Å². The Morgan fingerprint density at radius 3 is 2.43 bits per heavy atom. The summed E-state index contributed by atoms with van der Waals surface area (Å²) in [5.41, 5.74) is 5.15. The van der Waals surface area contributed by atoms with Gasteiger partial charge >= 0.3 is 6.18 Å². The molecule has 0 aliphatic carbocycles. The van der Waals surface area contributed by atoms with Gasteiger partial charge in [-0.2, -0.15) is 13.2 Å². The first-order valence-corrected chi connectivity index (χ1v) is 12.1. The maximum atomic E-state index is 13.2. The summed E-state index contributed by atoms with van der Waals surface area (Å²) < 4.78 is 39.7. The second-order valence-corrected chi connectivity index (χ2v) is 9.31. The number of benzene rings is 2. The van der Waals surface area contributed by atoms with Crippen LogP contribution in [0.2, 0.25) is 0 Å². The van der Waals surface area contributed by atoms with Crippen LogP contribution in [0.3, 0.4) is 0 Å². The predicted octanol–water partition coefficient (Wildman–Crippen LogP) is 5.36. The van der Waals surface area contributed by atoms with E-state index in [1.165, 1.54) is 30.0 Å². The second kappa shape index (κ2) is 10.9. The first-order valence-electron chi connectivity index (χ1n) is 11.3. The van der Waals surface area contributed by atoms with Crippen molar-refractivity contribution in [2.45, 2.75) is 29.6 Å². The van der Waals surface area contributed by atoms with Crippen molar-refractivity contribution in [2.24, 2.45) is 5.73 Å². The fourth-order valence-corrected chi connectivity index (χ4v) is 4.25. The average molecular weight is 528 g/mol. The molecule has 0 saturated carbocycles. The van der Waals surface area contributed by atoms with E-state index in [0.717, 1.165) is 42.4 Å². The van der Waals surface area contributed by atoms with Crippen LogP contribution in [0.5, 0.6) is 0 Å². The highest BCUT2D eigenvalue weighted by atomic mass is 32.2. The summed E-state index contributed by atoms with van der Waals surface area (Å²) in [6, 6.07) is 13.1. The molecule has 0 unspecified atom stereocenters. The van der Waals surface area contributed by atoms with Gasteiger partial charge in [0.15, 0.2) is 5.16 Å². The molecule has 37 heavy (non-hydrogen) atoms. The number of aromatic nitrogens is 2. The van der Waals surface area contributed by atoms with E-state index in [4.69, 9.17) is 11.1 Å². The van der Waals surface area contributed by atoms with E-state index < -0.39 is 23.2 Å². The van der Waals surface area contributed by atoms with Gasteiger partial charge < -0.3 is 26.7 Å². The van der Waals surface area contributed by atoms with Gasteiger partial charge in [-0.25, -0.2) is 9.97 Å². The van der Waals surface area contributed by atoms with Crippen molar-refractivity contribution in [1.82, 2.24) is 9.97 Å². The largest absolute Gasteiger partial charge is 0.417 e. The first-order chi connectivity index (χ1) is 17.6. The lowest BCUT2D eigenvalue weighted by molar-refractivity contribution is -0.137. The summed E-state index contributed by atoms with van der Waals surface area (Å²) in [5.74, 6) is 0.670. The predicted molar refractivity (Wildman–Crippen MR) is 138 cm³/mol. The highest BCUT2D eigenvalue weighted by Crippen LogP contribution is 2.33. The van der Waals surface area contributed by atoms with Gasteiger partial charge in [-0.1, -0.05) is 12.1 Å². The molecule has 4 rings (SSSR count). The number of carbonyl (C=O) groups is 1. The molecule has 0 bridgehead atoms. The van der Waals surface area contributed by atoms with Crippen LogP contribution in [-0.2, 0) is 6.18 Å². The van der Waals surface area contributed by atoms with Crippen molar-refractivity contribution >= 4 is 40.7 Å². The molecule has 0 atom stereocenters. The van der Waals surface area contributed by atoms with Crippen LogP contribution >= 0.6 is 11.8 Å². The SMILES string of the molecule is CC(=N)/C=C(\N)Nc1cc(N2CCC2)nc(Sc2ccc(NC(=O)c3ccccc3C(F)(F)F)cc2)n1.